The maximum atomic E-state index is 12.5. The molecule has 0 spiro atoms. The molecule has 0 radical (unpaired) electrons. The Labute approximate surface area is 167 Å². The quantitative estimate of drug-likeness (QED) is 0.621. The molecule has 0 bridgehead atoms. The van der Waals surface area contributed by atoms with Crippen molar-refractivity contribution in [3.05, 3.63) is 52.9 Å². The van der Waals surface area contributed by atoms with Gasteiger partial charge in [-0.25, -0.2) is 9.36 Å². The fourth-order valence-corrected chi connectivity index (χ4v) is 3.52. The molecule has 0 unspecified atom stereocenters. The second kappa shape index (κ2) is 8.50. The van der Waals surface area contributed by atoms with Gasteiger partial charge >= 0.3 is 6.03 Å². The molecule has 0 saturated carbocycles. The molecule has 1 saturated heterocycles. The van der Waals surface area contributed by atoms with E-state index in [0.29, 0.717) is 17.9 Å². The first-order valence-corrected chi connectivity index (χ1v) is 9.69. The number of amides is 1. The Hall–Kier alpha value is -3.10. The summed E-state index contributed by atoms with van der Waals surface area (Å²) in [6, 6.07) is 10.1. The number of aromatic nitrogens is 2. The van der Waals surface area contributed by atoms with Crippen LogP contribution in [0, 0.1) is 0 Å². The normalized spacial score (nSPS) is 14.9. The number of aromatic amines is 1. The summed E-state index contributed by atoms with van der Waals surface area (Å²) in [7, 11) is 0. The van der Waals surface area contributed by atoms with Crippen LogP contribution in [0.3, 0.4) is 0 Å². The van der Waals surface area contributed by atoms with E-state index in [9.17, 15) is 9.59 Å². The molecular formula is C21H24N4O4. The third kappa shape index (κ3) is 4.33. The first kappa shape index (κ1) is 19.2. The van der Waals surface area contributed by atoms with E-state index in [1.165, 1.54) is 6.20 Å². The molecule has 152 valence electrons. The summed E-state index contributed by atoms with van der Waals surface area (Å²) in [6.45, 7) is 5.21. The van der Waals surface area contributed by atoms with Gasteiger partial charge in [-0.2, -0.15) is 0 Å². The molecule has 1 aliphatic heterocycles. The van der Waals surface area contributed by atoms with Gasteiger partial charge in [0.15, 0.2) is 0 Å². The van der Waals surface area contributed by atoms with Crippen LogP contribution in [0.1, 0.15) is 6.42 Å². The summed E-state index contributed by atoms with van der Waals surface area (Å²) >= 11 is 0. The number of hydrogen-bond acceptors (Lipinski definition) is 5. The Bertz CT molecular complexity index is 1070. The van der Waals surface area contributed by atoms with E-state index in [1.807, 2.05) is 24.3 Å². The van der Waals surface area contributed by atoms with Crippen LogP contribution < -0.4 is 16.0 Å². The molecule has 4 rings (SSSR count). The molecule has 0 atom stereocenters. The predicted molar refractivity (Wildman–Crippen MR) is 110 cm³/mol. The standard InChI is InChI=1S/C21H24N4O4/c22-21(27)25-7-1-3-17(20(25)26)19-14-15-13-16(4-5-18(15)23-19)29-10-2-6-24-8-11-28-12-9-24/h1,3-5,7,13-14,23H,2,6,8-12H2,(H2,22,27). The van der Waals surface area contributed by atoms with Crippen LogP contribution in [0.2, 0.25) is 0 Å². The van der Waals surface area contributed by atoms with Gasteiger partial charge in [-0.05, 0) is 42.8 Å². The van der Waals surface area contributed by atoms with Gasteiger partial charge < -0.3 is 20.2 Å². The summed E-state index contributed by atoms with van der Waals surface area (Å²) in [5, 5.41) is 0.930. The minimum absolute atomic E-state index is 0.385. The maximum Gasteiger partial charge on any atom is 0.325 e. The molecular weight excluding hydrogens is 372 g/mol. The number of H-pyrrole nitrogens is 1. The van der Waals surface area contributed by atoms with Crippen LogP contribution in [0.4, 0.5) is 4.79 Å². The molecule has 29 heavy (non-hydrogen) atoms. The maximum absolute atomic E-state index is 12.5. The lowest BCUT2D eigenvalue weighted by molar-refractivity contribution is 0.0358. The molecule has 3 heterocycles. The number of pyridine rings is 1. The lowest BCUT2D eigenvalue weighted by atomic mass is 10.2. The Balaban J connectivity index is 1.45. The van der Waals surface area contributed by atoms with Crippen molar-refractivity contribution in [1.29, 1.82) is 0 Å². The number of rotatable bonds is 6. The van der Waals surface area contributed by atoms with Gasteiger partial charge in [0.05, 0.1) is 31.1 Å². The third-order valence-electron chi connectivity index (χ3n) is 5.06. The summed E-state index contributed by atoms with van der Waals surface area (Å²) in [5.74, 6) is 0.785. The summed E-state index contributed by atoms with van der Waals surface area (Å²) in [4.78, 5) is 29.5. The highest BCUT2D eigenvalue weighted by atomic mass is 16.5. The largest absolute Gasteiger partial charge is 0.494 e. The van der Waals surface area contributed by atoms with E-state index in [1.54, 1.807) is 12.1 Å². The number of hydrogen-bond donors (Lipinski definition) is 2. The fourth-order valence-electron chi connectivity index (χ4n) is 3.52. The number of carbonyl (C=O) groups excluding carboxylic acids is 1. The predicted octanol–water partition coefficient (Wildman–Crippen LogP) is 2.02. The smallest absolute Gasteiger partial charge is 0.325 e. The van der Waals surface area contributed by atoms with Crippen molar-refractivity contribution in [3.8, 4) is 17.0 Å². The van der Waals surface area contributed by atoms with Gasteiger partial charge in [0, 0.05) is 36.7 Å². The first-order valence-electron chi connectivity index (χ1n) is 9.69. The van der Waals surface area contributed by atoms with Crippen molar-refractivity contribution in [2.45, 2.75) is 6.42 Å². The highest BCUT2D eigenvalue weighted by Crippen LogP contribution is 2.25. The Kier molecular flexibility index (Phi) is 5.64. The second-order valence-corrected chi connectivity index (χ2v) is 7.02. The van der Waals surface area contributed by atoms with Crippen molar-refractivity contribution >= 4 is 16.9 Å². The van der Waals surface area contributed by atoms with Gasteiger partial charge in [-0.15, -0.1) is 0 Å². The average Bonchev–Trinajstić information content (AvgIpc) is 3.15. The van der Waals surface area contributed by atoms with E-state index in [2.05, 4.69) is 9.88 Å². The van der Waals surface area contributed by atoms with E-state index in [4.69, 9.17) is 15.2 Å². The van der Waals surface area contributed by atoms with Crippen LogP contribution in [-0.2, 0) is 4.74 Å². The SMILES string of the molecule is NC(=O)n1cccc(-c2cc3cc(OCCCN4CCOCC4)ccc3[nH]2)c1=O. The van der Waals surface area contributed by atoms with E-state index >= 15 is 0 Å². The molecule has 1 aliphatic rings. The number of nitrogens with two attached hydrogens (primary N) is 1. The van der Waals surface area contributed by atoms with Crippen molar-refractivity contribution in [2.75, 3.05) is 39.5 Å². The number of nitrogens with zero attached hydrogens (tertiary/aromatic N) is 2. The molecule has 8 heteroatoms. The van der Waals surface area contributed by atoms with Gasteiger partial charge in [0.2, 0.25) is 0 Å². The zero-order valence-electron chi connectivity index (χ0n) is 16.1. The molecule has 1 fully saturated rings. The molecule has 3 aromatic rings. The zero-order valence-corrected chi connectivity index (χ0v) is 16.1. The highest BCUT2D eigenvalue weighted by Gasteiger charge is 2.12. The van der Waals surface area contributed by atoms with Gasteiger partial charge in [-0.3, -0.25) is 9.69 Å². The molecule has 2 aromatic heterocycles. The Morgan fingerprint density at radius 2 is 2.03 bits per heavy atom. The third-order valence-corrected chi connectivity index (χ3v) is 5.06. The molecule has 0 aliphatic carbocycles. The van der Waals surface area contributed by atoms with Crippen molar-refractivity contribution in [3.63, 3.8) is 0 Å². The lowest BCUT2D eigenvalue weighted by Crippen LogP contribution is -2.37. The average molecular weight is 396 g/mol. The van der Waals surface area contributed by atoms with Crippen molar-refractivity contribution in [2.24, 2.45) is 5.73 Å². The Morgan fingerprint density at radius 1 is 1.21 bits per heavy atom. The van der Waals surface area contributed by atoms with Gasteiger partial charge in [0.1, 0.15) is 5.75 Å². The van der Waals surface area contributed by atoms with E-state index in [0.717, 1.165) is 60.5 Å². The monoisotopic (exact) mass is 396 g/mol. The van der Waals surface area contributed by atoms with E-state index < -0.39 is 11.6 Å². The Morgan fingerprint density at radius 3 is 2.83 bits per heavy atom. The number of nitrogens with one attached hydrogen (secondary N) is 1. The number of ether oxygens (including phenoxy) is 2. The number of fused-ring (bicyclic) bond motifs is 1. The molecule has 8 nitrogen and oxygen atoms in total. The lowest BCUT2D eigenvalue weighted by Gasteiger charge is -2.26. The van der Waals surface area contributed by atoms with Crippen LogP contribution in [0.15, 0.2) is 47.4 Å². The summed E-state index contributed by atoms with van der Waals surface area (Å²) < 4.78 is 12.1. The molecule has 1 amide bonds. The highest BCUT2D eigenvalue weighted by molar-refractivity contribution is 5.87. The summed E-state index contributed by atoms with van der Waals surface area (Å²) in [6.07, 6.45) is 2.31. The van der Waals surface area contributed by atoms with Crippen molar-refractivity contribution < 1.29 is 14.3 Å². The van der Waals surface area contributed by atoms with Crippen LogP contribution in [0.25, 0.3) is 22.2 Å². The molecule has 3 N–H and O–H groups in total. The fraction of sp³-hybridized carbons (Fsp3) is 0.333. The second-order valence-electron chi connectivity index (χ2n) is 7.02. The topological polar surface area (TPSA) is 103 Å². The van der Waals surface area contributed by atoms with Gasteiger partial charge in [0.25, 0.3) is 5.56 Å². The van der Waals surface area contributed by atoms with Crippen molar-refractivity contribution in [1.82, 2.24) is 14.5 Å². The summed E-state index contributed by atoms with van der Waals surface area (Å²) in [5.41, 5.74) is 6.70. The van der Waals surface area contributed by atoms with E-state index in [-0.39, 0.29) is 0 Å². The van der Waals surface area contributed by atoms with Crippen LogP contribution in [-0.4, -0.2) is 59.9 Å². The van der Waals surface area contributed by atoms with Crippen LogP contribution in [0.5, 0.6) is 5.75 Å². The minimum Gasteiger partial charge on any atom is -0.494 e. The number of benzene rings is 1. The first-order chi connectivity index (χ1) is 14.1. The number of morpholine rings is 1. The number of carbonyl (C=O) groups is 1. The zero-order chi connectivity index (χ0) is 20.2. The molecule has 1 aromatic carbocycles. The minimum atomic E-state index is -0.805. The van der Waals surface area contributed by atoms with Crippen LogP contribution >= 0.6 is 0 Å². The number of primary amides is 1. The van der Waals surface area contributed by atoms with Gasteiger partial charge in [-0.1, -0.05) is 0 Å².